The average molecular weight is 514 g/mol. The van der Waals surface area contributed by atoms with Gasteiger partial charge in [-0.2, -0.15) is 4.98 Å². The lowest BCUT2D eigenvalue weighted by Gasteiger charge is -2.62. The van der Waals surface area contributed by atoms with E-state index in [1.165, 1.54) is 10.8 Å². The van der Waals surface area contributed by atoms with Crippen LogP contribution in [-0.2, 0) is 15.8 Å². The predicted octanol–water partition coefficient (Wildman–Crippen LogP) is -0.171. The second-order valence-electron chi connectivity index (χ2n) is 10.3. The van der Waals surface area contributed by atoms with Crippen LogP contribution in [0.15, 0.2) is 17.1 Å². The third kappa shape index (κ3) is 4.79. The molecule has 1 N–H and O–H groups in total. The SMILES string of the molecule is [B]C(F)(F)c1cc2cnc(NC3([B])C([B])([B])CN(S(C)(=O)=O)CC3([B])[B])nc2n([C@@H]2CCC[C@@H]2C)c1=O. The van der Waals surface area contributed by atoms with Crippen LogP contribution in [0.25, 0.3) is 11.0 Å². The van der Waals surface area contributed by atoms with Crippen LogP contribution in [0.1, 0.15) is 37.8 Å². The first-order valence-electron chi connectivity index (χ1n) is 11.6. The zero-order valence-corrected chi connectivity index (χ0v) is 21.3. The molecule has 1 aliphatic heterocycles. The van der Waals surface area contributed by atoms with Crippen LogP contribution in [0.5, 0.6) is 0 Å². The van der Waals surface area contributed by atoms with Gasteiger partial charge in [-0.3, -0.25) is 9.36 Å². The van der Waals surface area contributed by atoms with Crippen LogP contribution < -0.4 is 10.9 Å². The molecule has 4 rings (SSSR count). The van der Waals surface area contributed by atoms with Gasteiger partial charge in [0.15, 0.2) is 7.85 Å². The zero-order valence-electron chi connectivity index (χ0n) is 20.5. The Kier molecular flexibility index (Phi) is 6.79. The summed E-state index contributed by atoms with van der Waals surface area (Å²) in [5.74, 6) is -4.07. The van der Waals surface area contributed by atoms with E-state index in [9.17, 15) is 22.0 Å². The maximum atomic E-state index is 14.1. The summed E-state index contributed by atoms with van der Waals surface area (Å²) in [6.07, 6.45) is 4.34. The first-order valence-corrected chi connectivity index (χ1v) is 13.4. The number of hydrogen-bond acceptors (Lipinski definition) is 6. The highest BCUT2D eigenvalue weighted by atomic mass is 32.2. The second-order valence-corrected chi connectivity index (χ2v) is 12.3. The Labute approximate surface area is 222 Å². The van der Waals surface area contributed by atoms with Crippen LogP contribution in [0.4, 0.5) is 14.7 Å². The van der Waals surface area contributed by atoms with E-state index in [0.29, 0.717) is 6.42 Å². The molecule has 182 valence electrons. The number of pyridine rings is 1. The van der Waals surface area contributed by atoms with E-state index < -0.39 is 62.0 Å². The molecular formula is C20H21B6F2N5O3S. The number of aromatic nitrogens is 3. The lowest BCUT2D eigenvalue weighted by Crippen LogP contribution is -2.69. The smallest absolute Gasteiger partial charge is 0.260 e. The fourth-order valence-corrected chi connectivity index (χ4v) is 6.10. The van der Waals surface area contributed by atoms with Gasteiger partial charge in [-0.05, 0) is 30.3 Å². The summed E-state index contributed by atoms with van der Waals surface area (Å²) in [4.78, 5) is 21.7. The van der Waals surface area contributed by atoms with Gasteiger partial charge in [-0.1, -0.05) is 23.8 Å². The predicted molar refractivity (Wildman–Crippen MR) is 142 cm³/mol. The van der Waals surface area contributed by atoms with Crippen LogP contribution in [0.2, 0.25) is 10.4 Å². The van der Waals surface area contributed by atoms with E-state index in [-0.39, 0.29) is 22.9 Å². The summed E-state index contributed by atoms with van der Waals surface area (Å²) in [7, 11) is 32.7. The van der Waals surface area contributed by atoms with Crippen LogP contribution >= 0.6 is 0 Å². The van der Waals surface area contributed by atoms with Gasteiger partial charge in [0, 0.05) is 30.7 Å². The molecule has 0 bridgehead atoms. The number of fused-ring (bicyclic) bond motifs is 1. The van der Waals surface area contributed by atoms with Crippen molar-refractivity contribution < 1.29 is 17.2 Å². The summed E-state index contributed by atoms with van der Waals surface area (Å²) >= 11 is 0. The molecule has 0 spiro atoms. The van der Waals surface area contributed by atoms with Crippen molar-refractivity contribution >= 4 is 74.1 Å². The van der Waals surface area contributed by atoms with E-state index in [2.05, 4.69) is 15.3 Å². The summed E-state index contributed by atoms with van der Waals surface area (Å²) in [6, 6.07) is 0.545. The van der Waals surface area contributed by atoms with Gasteiger partial charge in [0.2, 0.25) is 21.8 Å². The molecule has 17 heteroatoms. The summed E-state index contributed by atoms with van der Waals surface area (Å²) in [5, 5.41) is -1.14. The molecule has 3 heterocycles. The third-order valence-electron chi connectivity index (χ3n) is 7.40. The molecule has 37 heavy (non-hydrogen) atoms. The number of rotatable bonds is 5. The standard InChI is InChI=1S/C20H21B6F2N5O3S/c1-10-4-3-5-13(10)33-14-11(6-12(15(33)34)19(25,27)28)7-29-16(30-14)31-20(26)17(21,22)8-32(37(2,35)36)9-18(20,23)24/h6-7,10,13H,3-5,8-9H2,1-2H3,(H,29,30,31)/t10-,13+/m0/s1. The highest BCUT2D eigenvalue weighted by Gasteiger charge is 2.55. The lowest BCUT2D eigenvalue weighted by atomic mass is 9.25. The monoisotopic (exact) mass is 515 g/mol. The first kappa shape index (κ1) is 28.3. The van der Waals surface area contributed by atoms with Gasteiger partial charge >= 0.3 is 0 Å². The Morgan fingerprint density at radius 1 is 1.14 bits per heavy atom. The molecule has 1 aliphatic carbocycles. The molecule has 8 nitrogen and oxygen atoms in total. The lowest BCUT2D eigenvalue weighted by molar-refractivity contribution is 0.0917. The Morgan fingerprint density at radius 2 is 1.73 bits per heavy atom. The first-order chi connectivity index (χ1) is 16.8. The van der Waals surface area contributed by atoms with E-state index in [4.69, 9.17) is 47.1 Å². The maximum absolute atomic E-state index is 14.1. The molecule has 2 aromatic rings. The van der Waals surface area contributed by atoms with E-state index in [1.807, 2.05) is 6.92 Å². The van der Waals surface area contributed by atoms with Crippen molar-refractivity contribution in [2.24, 2.45) is 5.92 Å². The average Bonchev–Trinajstić information content (AvgIpc) is 3.15. The summed E-state index contributed by atoms with van der Waals surface area (Å²) in [6.45, 7) is 1.05. The van der Waals surface area contributed by atoms with Gasteiger partial charge in [0.1, 0.15) is 13.5 Å². The minimum absolute atomic E-state index is 0.0107. The molecule has 2 fully saturated rings. The second kappa shape index (κ2) is 8.89. The van der Waals surface area contributed by atoms with Crippen LogP contribution in [0.3, 0.4) is 0 Å². The molecule has 0 unspecified atom stereocenters. The number of sulfonamides is 1. The molecule has 2 aromatic heterocycles. The normalized spacial score (nSPS) is 25.7. The van der Waals surface area contributed by atoms with E-state index in [0.717, 1.165) is 29.5 Å². The molecule has 0 amide bonds. The largest absolute Gasteiger partial charge is 0.359 e. The van der Waals surface area contributed by atoms with Crippen molar-refractivity contribution in [3.05, 3.63) is 28.2 Å². The topological polar surface area (TPSA) is 97.2 Å². The number of hydrogen-bond donors (Lipinski definition) is 1. The molecular weight excluding hydrogens is 493 g/mol. The Hall–Kier alpha value is -1.75. The van der Waals surface area contributed by atoms with Crippen molar-refractivity contribution in [3.63, 3.8) is 0 Å². The van der Waals surface area contributed by atoms with Crippen molar-refractivity contribution in [2.75, 3.05) is 24.7 Å². The molecule has 12 radical (unpaired) electrons. The van der Waals surface area contributed by atoms with Gasteiger partial charge in [-0.25, -0.2) is 26.5 Å². The quantitative estimate of drug-likeness (QED) is 0.557. The third-order valence-corrected chi connectivity index (χ3v) is 8.60. The number of alkyl halides is 2. The van der Waals surface area contributed by atoms with Gasteiger partial charge in [0.25, 0.3) is 5.56 Å². The maximum Gasteiger partial charge on any atom is 0.260 e. The summed E-state index contributed by atoms with van der Waals surface area (Å²) in [5.41, 5.74) is -3.83. The molecule has 1 saturated heterocycles. The fourth-order valence-electron chi connectivity index (χ4n) is 5.20. The van der Waals surface area contributed by atoms with Gasteiger partial charge in [0.05, 0.1) is 43.2 Å². The van der Waals surface area contributed by atoms with Crippen molar-refractivity contribution in [2.45, 2.75) is 53.9 Å². The minimum atomic E-state index is -3.88. The number of anilines is 1. The number of nitrogens with one attached hydrogen (secondary N) is 1. The number of nitrogens with zero attached hydrogens (tertiary/aromatic N) is 4. The Bertz CT molecular complexity index is 1380. The van der Waals surface area contributed by atoms with Crippen LogP contribution in [-0.4, -0.2) is 99.1 Å². The van der Waals surface area contributed by atoms with E-state index in [1.54, 1.807) is 0 Å². The van der Waals surface area contributed by atoms with Crippen molar-refractivity contribution in [1.29, 1.82) is 0 Å². The highest BCUT2D eigenvalue weighted by molar-refractivity contribution is 7.88. The molecule has 2 atom stereocenters. The molecule has 2 aliphatic rings. The summed E-state index contributed by atoms with van der Waals surface area (Å²) < 4.78 is 54.6. The zero-order chi connectivity index (χ0) is 27.8. The fraction of sp³-hybridized carbons (Fsp3) is 0.650. The number of halogens is 2. The minimum Gasteiger partial charge on any atom is -0.359 e. The van der Waals surface area contributed by atoms with Crippen LogP contribution in [0, 0.1) is 5.92 Å². The Morgan fingerprint density at radius 3 is 2.22 bits per heavy atom. The van der Waals surface area contributed by atoms with Gasteiger partial charge in [-0.15, -0.1) is 0 Å². The highest BCUT2D eigenvalue weighted by Crippen LogP contribution is 2.51. The van der Waals surface area contributed by atoms with Crippen molar-refractivity contribution in [3.8, 4) is 0 Å². The molecule has 1 saturated carbocycles. The van der Waals surface area contributed by atoms with Gasteiger partial charge < -0.3 is 5.32 Å². The van der Waals surface area contributed by atoms with E-state index >= 15 is 0 Å². The Balaban J connectivity index is 1.85. The molecule has 0 aromatic carbocycles. The number of piperidine rings is 1. The van der Waals surface area contributed by atoms with Crippen molar-refractivity contribution in [1.82, 2.24) is 18.8 Å².